The number of hydrogen-bond acceptors (Lipinski definition) is 8. The largest absolute Gasteiger partial charge is 0.465 e. The third kappa shape index (κ3) is 5.03. The van der Waals surface area contributed by atoms with Crippen molar-refractivity contribution in [2.24, 2.45) is 5.16 Å². The summed E-state index contributed by atoms with van der Waals surface area (Å²) in [7, 11) is 2.19. The molecule has 0 amide bonds. The monoisotopic (exact) mass is 385 g/mol. The van der Waals surface area contributed by atoms with Crippen molar-refractivity contribution in [1.82, 2.24) is 0 Å². The number of rotatable bonds is 8. The van der Waals surface area contributed by atoms with E-state index in [-0.39, 0.29) is 5.56 Å². The molecule has 2 aromatic carbocycles. The first-order chi connectivity index (χ1) is 13.6. The normalized spacial score (nSPS) is 12.7. The van der Waals surface area contributed by atoms with Gasteiger partial charge in [-0.05, 0) is 5.56 Å². The van der Waals surface area contributed by atoms with Crippen molar-refractivity contribution in [1.29, 1.82) is 0 Å². The van der Waals surface area contributed by atoms with Crippen LogP contribution in [0, 0.1) is 0 Å². The molecule has 8 nitrogen and oxygen atoms in total. The number of carbonyl (C=O) groups is 2. The number of benzene rings is 2. The average molecular weight is 385 g/mol. The fraction of sp³-hybridized carbons (Fsp3) is 0.150. The van der Waals surface area contributed by atoms with E-state index in [0.29, 0.717) is 5.56 Å². The minimum absolute atomic E-state index is 0.257. The lowest BCUT2D eigenvalue weighted by atomic mass is 10.0. The van der Waals surface area contributed by atoms with Crippen LogP contribution >= 0.6 is 0 Å². The molecular formula is C20H19NO7. The van der Waals surface area contributed by atoms with Crippen molar-refractivity contribution in [2.45, 2.75) is 5.79 Å². The van der Waals surface area contributed by atoms with Gasteiger partial charge in [0.2, 0.25) is 0 Å². The van der Waals surface area contributed by atoms with Crippen molar-refractivity contribution in [3.63, 3.8) is 0 Å². The zero-order valence-electron chi connectivity index (χ0n) is 15.3. The Hall–Kier alpha value is -3.49. The fourth-order valence-corrected chi connectivity index (χ4v) is 2.24. The molecule has 0 bridgehead atoms. The van der Waals surface area contributed by atoms with Gasteiger partial charge in [0.15, 0.2) is 0 Å². The molecule has 1 atom stereocenters. The summed E-state index contributed by atoms with van der Waals surface area (Å²) in [5.74, 6) is -4.11. The summed E-state index contributed by atoms with van der Waals surface area (Å²) < 4.78 is 9.19. The van der Waals surface area contributed by atoms with Crippen LogP contribution in [0.25, 0.3) is 0 Å². The van der Waals surface area contributed by atoms with E-state index in [1.165, 1.54) is 6.21 Å². The lowest BCUT2D eigenvalue weighted by molar-refractivity contribution is -0.393. The Morgan fingerprint density at radius 2 is 1.46 bits per heavy atom. The van der Waals surface area contributed by atoms with Gasteiger partial charge in [0.05, 0.1) is 20.4 Å². The van der Waals surface area contributed by atoms with Crippen molar-refractivity contribution in [3.05, 3.63) is 83.4 Å². The fourth-order valence-electron chi connectivity index (χ4n) is 2.24. The number of methoxy groups -OCH3 is 2. The zero-order valence-corrected chi connectivity index (χ0v) is 15.3. The third-order valence-electron chi connectivity index (χ3n) is 3.65. The predicted octanol–water partition coefficient (Wildman–Crippen LogP) is 2.65. The third-order valence-corrected chi connectivity index (χ3v) is 3.65. The molecule has 0 aromatic heterocycles. The lowest BCUT2D eigenvalue weighted by Crippen LogP contribution is -2.31. The highest BCUT2D eigenvalue weighted by molar-refractivity contribution is 6.14. The smallest absolute Gasteiger partial charge is 0.345 e. The van der Waals surface area contributed by atoms with Gasteiger partial charge in [-0.15, -0.1) is 0 Å². The summed E-state index contributed by atoms with van der Waals surface area (Å²) in [5.41, 5.74) is 0.429. The second-order valence-corrected chi connectivity index (χ2v) is 5.40. The first kappa shape index (κ1) is 20.8. The lowest BCUT2D eigenvalue weighted by Gasteiger charge is -2.25. The van der Waals surface area contributed by atoms with E-state index in [0.717, 1.165) is 20.3 Å². The minimum atomic E-state index is -2.11. The van der Waals surface area contributed by atoms with E-state index in [1.54, 1.807) is 54.6 Å². The second-order valence-electron chi connectivity index (χ2n) is 5.40. The molecule has 0 radical (unpaired) electrons. The molecule has 1 unspecified atom stereocenters. The molecule has 146 valence electrons. The van der Waals surface area contributed by atoms with Crippen LogP contribution in [0.1, 0.15) is 11.1 Å². The molecule has 0 aliphatic rings. The molecule has 2 aromatic rings. The highest BCUT2D eigenvalue weighted by atomic mass is 17.2. The Morgan fingerprint density at radius 1 is 0.929 bits per heavy atom. The second kappa shape index (κ2) is 10.0. The standard InChI is InChI=1S/C20H19NO7/c1-25-18(22)17(19(23)26-2)13-20(28-24,16-11-7-4-8-12-16)27-21-14-15-9-5-3-6-10-15/h3-14,24H,1-2H3/b21-14+. The highest BCUT2D eigenvalue weighted by Crippen LogP contribution is 2.30. The first-order valence-electron chi connectivity index (χ1n) is 8.10. The Bertz CT molecular complexity index is 831. The summed E-state index contributed by atoms with van der Waals surface area (Å²) in [6.07, 6.45) is 2.31. The van der Waals surface area contributed by atoms with Gasteiger partial charge in [-0.2, -0.15) is 4.89 Å². The molecule has 8 heteroatoms. The molecule has 0 saturated heterocycles. The van der Waals surface area contributed by atoms with Crippen LogP contribution in [0.2, 0.25) is 0 Å². The number of esters is 2. The summed E-state index contributed by atoms with van der Waals surface area (Å²) >= 11 is 0. The molecular weight excluding hydrogens is 366 g/mol. The van der Waals surface area contributed by atoms with Crippen LogP contribution in [0.3, 0.4) is 0 Å². The number of carbonyl (C=O) groups excluding carboxylic acids is 2. The van der Waals surface area contributed by atoms with Crippen LogP contribution in [-0.4, -0.2) is 37.6 Å². The van der Waals surface area contributed by atoms with E-state index >= 15 is 0 Å². The maximum atomic E-state index is 12.0. The Morgan fingerprint density at radius 3 is 1.96 bits per heavy atom. The summed E-state index contributed by atoms with van der Waals surface area (Å²) in [5, 5.41) is 13.5. The quantitative estimate of drug-likeness (QED) is 0.109. The van der Waals surface area contributed by atoms with E-state index < -0.39 is 23.3 Å². The molecule has 0 aliphatic heterocycles. The van der Waals surface area contributed by atoms with Gasteiger partial charge in [-0.1, -0.05) is 65.8 Å². The molecule has 0 fully saturated rings. The Balaban J connectivity index is 2.51. The Kier molecular flexibility index (Phi) is 7.44. The number of ether oxygens (including phenoxy) is 2. The molecule has 0 heterocycles. The molecule has 0 saturated carbocycles. The van der Waals surface area contributed by atoms with Crippen LogP contribution in [0.15, 0.2) is 77.5 Å². The van der Waals surface area contributed by atoms with Gasteiger partial charge in [-0.25, -0.2) is 14.8 Å². The van der Waals surface area contributed by atoms with Gasteiger partial charge in [0.25, 0.3) is 0 Å². The van der Waals surface area contributed by atoms with Crippen LogP contribution in [0.5, 0.6) is 0 Å². The van der Waals surface area contributed by atoms with Gasteiger partial charge in [-0.3, -0.25) is 0 Å². The van der Waals surface area contributed by atoms with E-state index in [4.69, 9.17) is 4.84 Å². The zero-order chi connectivity index (χ0) is 20.4. The average Bonchev–Trinajstić information content (AvgIpc) is 2.76. The van der Waals surface area contributed by atoms with Crippen molar-refractivity contribution in [3.8, 4) is 0 Å². The first-order valence-corrected chi connectivity index (χ1v) is 8.10. The van der Waals surface area contributed by atoms with E-state index in [9.17, 15) is 14.8 Å². The summed E-state index contributed by atoms with van der Waals surface area (Å²) in [6, 6.07) is 17.1. The number of hydrogen-bond donors (Lipinski definition) is 1. The van der Waals surface area contributed by atoms with Gasteiger partial charge >= 0.3 is 17.7 Å². The summed E-state index contributed by atoms with van der Waals surface area (Å²) in [6.45, 7) is 0. The molecule has 0 spiro atoms. The molecule has 2 rings (SSSR count). The molecule has 28 heavy (non-hydrogen) atoms. The topological polar surface area (TPSA) is 104 Å². The van der Waals surface area contributed by atoms with Gasteiger partial charge < -0.3 is 14.3 Å². The van der Waals surface area contributed by atoms with E-state index in [2.05, 4.69) is 19.5 Å². The maximum Gasteiger partial charge on any atom is 0.345 e. The summed E-state index contributed by atoms with van der Waals surface area (Å²) in [4.78, 5) is 34.0. The minimum Gasteiger partial charge on any atom is -0.465 e. The SMILES string of the molecule is COC(=O)C(=CC(OO)(O/N=C/c1ccccc1)c1ccccc1)C(=O)OC. The van der Waals surface area contributed by atoms with Gasteiger partial charge in [0, 0.05) is 11.6 Å². The van der Waals surface area contributed by atoms with Crippen LogP contribution in [-0.2, 0) is 34.6 Å². The van der Waals surface area contributed by atoms with Crippen molar-refractivity contribution < 1.29 is 34.0 Å². The van der Waals surface area contributed by atoms with Crippen molar-refractivity contribution >= 4 is 18.2 Å². The highest BCUT2D eigenvalue weighted by Gasteiger charge is 2.38. The molecule has 1 N–H and O–H groups in total. The van der Waals surface area contributed by atoms with Gasteiger partial charge in [0.1, 0.15) is 5.57 Å². The van der Waals surface area contributed by atoms with Crippen molar-refractivity contribution in [2.75, 3.05) is 14.2 Å². The number of oxime groups is 1. The molecule has 0 aliphatic carbocycles. The predicted molar refractivity (Wildman–Crippen MR) is 99.1 cm³/mol. The maximum absolute atomic E-state index is 12.0. The Labute approximate surface area is 161 Å². The van der Waals surface area contributed by atoms with Crippen LogP contribution < -0.4 is 0 Å². The number of nitrogens with zero attached hydrogens (tertiary/aromatic N) is 1. The van der Waals surface area contributed by atoms with Crippen LogP contribution in [0.4, 0.5) is 0 Å². The van der Waals surface area contributed by atoms with E-state index in [1.807, 2.05) is 6.07 Å².